The standard InChI is InChI=1S/C15H18N4O2/c16-9-4-10-19(11-12-5-2-1-3-6-12)15(21)13-7-8-14(20)18-17-13/h1-3,5-8H,4,9-11,16H2,(H,18,20). The van der Waals surface area contributed by atoms with E-state index in [-0.39, 0.29) is 17.2 Å². The van der Waals surface area contributed by atoms with Crippen LogP contribution in [0.2, 0.25) is 0 Å². The van der Waals surface area contributed by atoms with Gasteiger partial charge < -0.3 is 10.6 Å². The summed E-state index contributed by atoms with van der Waals surface area (Å²) < 4.78 is 0. The Labute approximate surface area is 122 Å². The first-order chi connectivity index (χ1) is 10.2. The zero-order chi connectivity index (χ0) is 15.1. The third-order valence-electron chi connectivity index (χ3n) is 3.03. The summed E-state index contributed by atoms with van der Waals surface area (Å²) in [6.45, 7) is 1.54. The highest BCUT2D eigenvalue weighted by Crippen LogP contribution is 2.08. The number of aromatic nitrogens is 2. The van der Waals surface area contributed by atoms with Gasteiger partial charge in [0.25, 0.3) is 11.5 Å². The molecular weight excluding hydrogens is 268 g/mol. The van der Waals surface area contributed by atoms with Crippen LogP contribution in [-0.4, -0.2) is 34.1 Å². The van der Waals surface area contributed by atoms with Gasteiger partial charge in [0.05, 0.1) is 0 Å². The maximum Gasteiger partial charge on any atom is 0.274 e. The Bertz CT molecular complexity index is 619. The Morgan fingerprint density at radius 1 is 1.19 bits per heavy atom. The summed E-state index contributed by atoms with van der Waals surface area (Å²) in [6.07, 6.45) is 0.710. The minimum Gasteiger partial charge on any atom is -0.333 e. The van der Waals surface area contributed by atoms with Crippen molar-refractivity contribution < 1.29 is 4.79 Å². The molecule has 110 valence electrons. The molecule has 0 aliphatic heterocycles. The Balaban J connectivity index is 2.16. The average molecular weight is 286 g/mol. The summed E-state index contributed by atoms with van der Waals surface area (Å²) >= 11 is 0. The van der Waals surface area contributed by atoms with E-state index in [1.807, 2.05) is 30.3 Å². The second-order valence-electron chi connectivity index (χ2n) is 4.66. The number of carbonyl (C=O) groups excluding carboxylic acids is 1. The van der Waals surface area contributed by atoms with Crippen molar-refractivity contribution in [2.24, 2.45) is 5.73 Å². The molecule has 2 rings (SSSR count). The third kappa shape index (κ3) is 4.25. The molecule has 0 fully saturated rings. The molecule has 0 saturated carbocycles. The van der Waals surface area contributed by atoms with Crippen molar-refractivity contribution in [1.29, 1.82) is 0 Å². The lowest BCUT2D eigenvalue weighted by Crippen LogP contribution is -2.33. The zero-order valence-corrected chi connectivity index (χ0v) is 11.7. The molecule has 0 saturated heterocycles. The number of H-pyrrole nitrogens is 1. The number of rotatable bonds is 6. The molecule has 0 unspecified atom stereocenters. The van der Waals surface area contributed by atoms with E-state index in [2.05, 4.69) is 10.2 Å². The summed E-state index contributed by atoms with van der Waals surface area (Å²) in [5.74, 6) is -0.219. The maximum absolute atomic E-state index is 12.5. The van der Waals surface area contributed by atoms with E-state index in [9.17, 15) is 9.59 Å². The van der Waals surface area contributed by atoms with Crippen molar-refractivity contribution in [3.05, 3.63) is 64.1 Å². The number of hydrogen-bond donors (Lipinski definition) is 2. The molecule has 1 aromatic heterocycles. The van der Waals surface area contributed by atoms with Crippen LogP contribution in [0.5, 0.6) is 0 Å². The van der Waals surface area contributed by atoms with Crippen LogP contribution in [0.15, 0.2) is 47.3 Å². The normalized spacial score (nSPS) is 10.3. The van der Waals surface area contributed by atoms with Gasteiger partial charge in [-0.25, -0.2) is 5.10 Å². The van der Waals surface area contributed by atoms with Crippen molar-refractivity contribution in [3.63, 3.8) is 0 Å². The molecule has 2 aromatic rings. The van der Waals surface area contributed by atoms with Crippen LogP contribution in [0.25, 0.3) is 0 Å². The second-order valence-corrected chi connectivity index (χ2v) is 4.66. The van der Waals surface area contributed by atoms with Crippen LogP contribution in [0.3, 0.4) is 0 Å². The number of aromatic amines is 1. The van der Waals surface area contributed by atoms with Crippen molar-refractivity contribution in [3.8, 4) is 0 Å². The minimum atomic E-state index is -0.330. The van der Waals surface area contributed by atoms with Crippen LogP contribution >= 0.6 is 0 Å². The van der Waals surface area contributed by atoms with Crippen molar-refractivity contribution in [2.75, 3.05) is 13.1 Å². The number of hydrogen-bond acceptors (Lipinski definition) is 4. The minimum absolute atomic E-state index is 0.219. The molecule has 0 bridgehead atoms. The summed E-state index contributed by atoms with van der Waals surface area (Å²) in [5.41, 5.74) is 6.46. The molecule has 3 N–H and O–H groups in total. The summed E-state index contributed by atoms with van der Waals surface area (Å²) in [5, 5.41) is 6.07. The Morgan fingerprint density at radius 2 is 1.95 bits per heavy atom. The SMILES string of the molecule is NCCCN(Cc1ccccc1)C(=O)c1ccc(=O)[nH]n1. The van der Waals surface area contributed by atoms with E-state index in [0.717, 1.165) is 5.56 Å². The van der Waals surface area contributed by atoms with E-state index in [1.54, 1.807) is 4.90 Å². The number of amides is 1. The Hall–Kier alpha value is -2.47. The van der Waals surface area contributed by atoms with E-state index in [0.29, 0.717) is 26.1 Å². The fourth-order valence-electron chi connectivity index (χ4n) is 1.96. The topological polar surface area (TPSA) is 92.1 Å². The monoisotopic (exact) mass is 286 g/mol. The number of benzene rings is 1. The van der Waals surface area contributed by atoms with Gasteiger partial charge in [0.15, 0.2) is 0 Å². The van der Waals surface area contributed by atoms with Crippen molar-refractivity contribution in [2.45, 2.75) is 13.0 Å². The average Bonchev–Trinajstić information content (AvgIpc) is 2.52. The van der Waals surface area contributed by atoms with Gasteiger partial charge in [0.1, 0.15) is 5.69 Å². The van der Waals surface area contributed by atoms with E-state index >= 15 is 0 Å². The van der Waals surface area contributed by atoms with Crippen LogP contribution in [0.1, 0.15) is 22.5 Å². The Morgan fingerprint density at radius 3 is 2.57 bits per heavy atom. The highest BCUT2D eigenvalue weighted by atomic mass is 16.2. The second kappa shape index (κ2) is 7.35. The molecule has 0 atom stereocenters. The third-order valence-corrected chi connectivity index (χ3v) is 3.03. The van der Waals surface area contributed by atoms with Gasteiger partial charge in [0, 0.05) is 19.2 Å². The van der Waals surface area contributed by atoms with E-state index < -0.39 is 0 Å². The van der Waals surface area contributed by atoms with Crippen LogP contribution in [0, 0.1) is 0 Å². The molecule has 0 aliphatic rings. The first kappa shape index (κ1) is 14.9. The van der Waals surface area contributed by atoms with Gasteiger partial charge in [-0.2, -0.15) is 5.10 Å². The number of nitrogens with zero attached hydrogens (tertiary/aromatic N) is 2. The van der Waals surface area contributed by atoms with E-state index in [1.165, 1.54) is 12.1 Å². The lowest BCUT2D eigenvalue weighted by molar-refractivity contribution is 0.0735. The molecule has 0 spiro atoms. The molecule has 6 heteroatoms. The van der Waals surface area contributed by atoms with Gasteiger partial charge >= 0.3 is 0 Å². The Kier molecular flexibility index (Phi) is 5.22. The fourth-order valence-corrected chi connectivity index (χ4v) is 1.96. The van der Waals surface area contributed by atoms with Crippen LogP contribution < -0.4 is 11.3 Å². The highest BCUT2D eigenvalue weighted by Gasteiger charge is 2.17. The molecular formula is C15H18N4O2. The first-order valence-corrected chi connectivity index (χ1v) is 6.79. The van der Waals surface area contributed by atoms with E-state index in [4.69, 9.17) is 5.73 Å². The molecule has 1 heterocycles. The summed E-state index contributed by atoms with van der Waals surface area (Å²) in [4.78, 5) is 25.2. The van der Waals surface area contributed by atoms with Gasteiger partial charge in [-0.15, -0.1) is 0 Å². The highest BCUT2D eigenvalue weighted by molar-refractivity contribution is 5.92. The predicted octanol–water partition coefficient (Wildman–Crippen LogP) is 0.761. The van der Waals surface area contributed by atoms with Crippen molar-refractivity contribution in [1.82, 2.24) is 15.1 Å². The van der Waals surface area contributed by atoms with Gasteiger partial charge in [-0.1, -0.05) is 30.3 Å². The molecule has 21 heavy (non-hydrogen) atoms. The lowest BCUT2D eigenvalue weighted by atomic mass is 10.2. The van der Waals surface area contributed by atoms with Gasteiger partial charge in [0.2, 0.25) is 0 Å². The fraction of sp³-hybridized carbons (Fsp3) is 0.267. The van der Waals surface area contributed by atoms with Crippen molar-refractivity contribution >= 4 is 5.91 Å². The largest absolute Gasteiger partial charge is 0.333 e. The number of nitrogens with one attached hydrogen (secondary N) is 1. The summed E-state index contributed by atoms with van der Waals surface area (Å²) in [6, 6.07) is 12.4. The van der Waals surface area contributed by atoms with Crippen LogP contribution in [0.4, 0.5) is 0 Å². The lowest BCUT2D eigenvalue weighted by Gasteiger charge is -2.22. The van der Waals surface area contributed by atoms with Gasteiger partial charge in [-0.05, 0) is 24.6 Å². The molecule has 0 radical (unpaired) electrons. The zero-order valence-electron chi connectivity index (χ0n) is 11.7. The number of carbonyl (C=O) groups is 1. The quantitative estimate of drug-likeness (QED) is 0.820. The first-order valence-electron chi connectivity index (χ1n) is 6.79. The predicted molar refractivity (Wildman–Crippen MR) is 79.7 cm³/mol. The smallest absolute Gasteiger partial charge is 0.274 e. The maximum atomic E-state index is 12.5. The van der Waals surface area contributed by atoms with Crippen LogP contribution in [-0.2, 0) is 6.54 Å². The number of nitrogens with two attached hydrogens (primary N) is 1. The molecule has 1 aromatic carbocycles. The summed E-state index contributed by atoms with van der Waals surface area (Å²) in [7, 11) is 0. The molecule has 6 nitrogen and oxygen atoms in total. The molecule has 1 amide bonds. The van der Waals surface area contributed by atoms with Gasteiger partial charge in [-0.3, -0.25) is 9.59 Å². The molecule has 0 aliphatic carbocycles.